The van der Waals surface area contributed by atoms with Crippen LogP contribution in [0.4, 0.5) is 0 Å². The monoisotopic (exact) mass is 253 g/mol. The number of hydrogen-bond acceptors (Lipinski definition) is 3. The number of sulfonamides is 1. The number of amides is 1. The van der Waals surface area contributed by atoms with Gasteiger partial charge in [0.2, 0.25) is 10.0 Å². The maximum Gasteiger partial charge on any atom is 0.267 e. The van der Waals surface area contributed by atoms with Crippen molar-refractivity contribution < 1.29 is 13.2 Å². The predicted octanol–water partition coefficient (Wildman–Crippen LogP) is 0.243. The van der Waals surface area contributed by atoms with E-state index in [0.29, 0.717) is 5.52 Å². The minimum atomic E-state index is -3.49. The number of hydrogen-bond donors (Lipinski definition) is 2. The number of rotatable bonds is 3. The van der Waals surface area contributed by atoms with E-state index >= 15 is 0 Å². The zero-order chi connectivity index (χ0) is 12.6. The zero-order valence-electron chi connectivity index (χ0n) is 9.04. The van der Waals surface area contributed by atoms with Crippen LogP contribution >= 0.6 is 0 Å². The number of primary amides is 1. The standard InChI is InChI=1S/C10H11N3O3S/c1-17(15,16)12-13-8-5-3-2-4-7(8)6-9(13)10(11)14/h2-6,12H,1H3,(H2,11,14). The summed E-state index contributed by atoms with van der Waals surface area (Å²) in [6.07, 6.45) is 1.01. The molecular formula is C10H11N3O3S. The van der Waals surface area contributed by atoms with Gasteiger partial charge in [-0.3, -0.25) is 4.79 Å². The van der Waals surface area contributed by atoms with Gasteiger partial charge in [0.05, 0.1) is 11.8 Å². The van der Waals surface area contributed by atoms with E-state index in [9.17, 15) is 13.2 Å². The van der Waals surface area contributed by atoms with Crippen LogP contribution in [-0.2, 0) is 10.0 Å². The number of benzene rings is 1. The van der Waals surface area contributed by atoms with Gasteiger partial charge in [-0.05, 0) is 12.1 Å². The Bertz CT molecular complexity index is 688. The molecular weight excluding hydrogens is 242 g/mol. The van der Waals surface area contributed by atoms with E-state index in [1.165, 1.54) is 10.7 Å². The normalized spacial score (nSPS) is 11.6. The number of para-hydroxylation sites is 1. The second-order valence-electron chi connectivity index (χ2n) is 3.65. The molecule has 0 aliphatic heterocycles. The Morgan fingerprint density at radius 2 is 2.00 bits per heavy atom. The van der Waals surface area contributed by atoms with Crippen LogP contribution in [0.15, 0.2) is 30.3 Å². The third-order valence-corrected chi connectivity index (χ3v) is 2.73. The molecule has 0 bridgehead atoms. The molecule has 2 aromatic rings. The first-order chi connectivity index (χ1) is 7.88. The average molecular weight is 253 g/mol. The molecule has 2 rings (SSSR count). The van der Waals surface area contributed by atoms with Crippen LogP contribution in [0.2, 0.25) is 0 Å². The summed E-state index contributed by atoms with van der Waals surface area (Å²) >= 11 is 0. The van der Waals surface area contributed by atoms with Gasteiger partial charge in [-0.25, -0.2) is 17.9 Å². The van der Waals surface area contributed by atoms with Crippen molar-refractivity contribution in [3.05, 3.63) is 36.0 Å². The largest absolute Gasteiger partial charge is 0.364 e. The molecule has 1 aromatic carbocycles. The van der Waals surface area contributed by atoms with E-state index in [4.69, 9.17) is 5.73 Å². The lowest BCUT2D eigenvalue weighted by Gasteiger charge is -2.09. The van der Waals surface area contributed by atoms with Gasteiger partial charge in [-0.1, -0.05) is 18.2 Å². The van der Waals surface area contributed by atoms with Crippen molar-refractivity contribution in [1.29, 1.82) is 0 Å². The Kier molecular flexibility index (Phi) is 2.55. The molecule has 0 saturated carbocycles. The molecule has 6 nitrogen and oxygen atoms in total. The summed E-state index contributed by atoms with van der Waals surface area (Å²) in [6, 6.07) is 8.53. The van der Waals surface area contributed by atoms with Crippen molar-refractivity contribution >= 4 is 26.8 Å². The second-order valence-corrected chi connectivity index (χ2v) is 5.38. The van der Waals surface area contributed by atoms with Crippen molar-refractivity contribution in [2.24, 2.45) is 5.73 Å². The molecule has 1 amide bonds. The fourth-order valence-electron chi connectivity index (χ4n) is 1.60. The van der Waals surface area contributed by atoms with Crippen LogP contribution in [0.1, 0.15) is 10.5 Å². The van der Waals surface area contributed by atoms with Gasteiger partial charge in [0.15, 0.2) is 0 Å². The first-order valence-electron chi connectivity index (χ1n) is 4.76. The molecule has 3 N–H and O–H groups in total. The van der Waals surface area contributed by atoms with Gasteiger partial charge < -0.3 is 5.73 Å². The van der Waals surface area contributed by atoms with Gasteiger partial charge in [-0.15, -0.1) is 0 Å². The molecule has 0 aliphatic carbocycles. The van der Waals surface area contributed by atoms with Crippen LogP contribution in [0.3, 0.4) is 0 Å². The summed E-state index contributed by atoms with van der Waals surface area (Å²) in [7, 11) is -3.49. The first kappa shape index (κ1) is 11.5. The number of nitrogens with two attached hydrogens (primary N) is 1. The molecule has 0 atom stereocenters. The van der Waals surface area contributed by atoms with Crippen molar-refractivity contribution in [2.45, 2.75) is 0 Å². The molecule has 0 saturated heterocycles. The molecule has 1 aromatic heterocycles. The van der Waals surface area contributed by atoms with E-state index < -0.39 is 15.9 Å². The van der Waals surface area contributed by atoms with E-state index in [1.807, 2.05) is 0 Å². The fourth-order valence-corrected chi connectivity index (χ4v) is 2.13. The molecule has 0 unspecified atom stereocenters. The lowest BCUT2D eigenvalue weighted by Crippen LogP contribution is -2.27. The number of aromatic nitrogens is 1. The van der Waals surface area contributed by atoms with Crippen LogP contribution < -0.4 is 10.6 Å². The Hall–Kier alpha value is -2.02. The summed E-state index contributed by atoms with van der Waals surface area (Å²) in [4.78, 5) is 13.5. The minimum absolute atomic E-state index is 0.0941. The van der Waals surface area contributed by atoms with E-state index in [1.54, 1.807) is 24.3 Å². The van der Waals surface area contributed by atoms with E-state index in [0.717, 1.165) is 11.6 Å². The Morgan fingerprint density at radius 3 is 2.59 bits per heavy atom. The molecule has 1 heterocycles. The van der Waals surface area contributed by atoms with Gasteiger partial charge in [0.1, 0.15) is 5.69 Å². The lowest BCUT2D eigenvalue weighted by atomic mass is 10.2. The summed E-state index contributed by atoms with van der Waals surface area (Å²) in [5.41, 5.74) is 5.87. The molecule has 0 fully saturated rings. The van der Waals surface area contributed by atoms with Crippen molar-refractivity contribution in [3.63, 3.8) is 0 Å². The zero-order valence-corrected chi connectivity index (χ0v) is 9.86. The highest BCUT2D eigenvalue weighted by Gasteiger charge is 2.15. The van der Waals surface area contributed by atoms with Gasteiger partial charge in [0, 0.05) is 5.39 Å². The predicted molar refractivity (Wildman–Crippen MR) is 64.7 cm³/mol. The highest BCUT2D eigenvalue weighted by atomic mass is 32.2. The summed E-state index contributed by atoms with van der Waals surface area (Å²) in [6.45, 7) is 0. The van der Waals surface area contributed by atoms with Crippen LogP contribution in [0.5, 0.6) is 0 Å². The van der Waals surface area contributed by atoms with E-state index in [-0.39, 0.29) is 5.69 Å². The molecule has 0 spiro atoms. The van der Waals surface area contributed by atoms with Crippen LogP contribution in [0.25, 0.3) is 10.9 Å². The average Bonchev–Trinajstić information content (AvgIpc) is 2.55. The van der Waals surface area contributed by atoms with Gasteiger partial charge >= 0.3 is 0 Å². The van der Waals surface area contributed by atoms with Crippen LogP contribution in [-0.4, -0.2) is 25.3 Å². The molecule has 0 aliphatic rings. The maximum atomic E-state index is 11.2. The maximum absolute atomic E-state index is 11.2. The van der Waals surface area contributed by atoms with Gasteiger partial charge in [0.25, 0.3) is 5.91 Å². The number of nitrogens with zero attached hydrogens (tertiary/aromatic N) is 1. The smallest absolute Gasteiger partial charge is 0.267 e. The third-order valence-electron chi connectivity index (χ3n) is 2.22. The topological polar surface area (TPSA) is 94.2 Å². The van der Waals surface area contributed by atoms with Crippen LogP contribution in [0, 0.1) is 0 Å². The quantitative estimate of drug-likeness (QED) is 0.820. The lowest BCUT2D eigenvalue weighted by molar-refractivity contribution is 0.0993. The molecule has 7 heteroatoms. The molecule has 0 radical (unpaired) electrons. The Morgan fingerprint density at radius 1 is 1.35 bits per heavy atom. The van der Waals surface area contributed by atoms with Crippen molar-refractivity contribution in [1.82, 2.24) is 4.68 Å². The Balaban J connectivity index is 2.72. The Labute approximate surface area is 98.0 Å². The first-order valence-corrected chi connectivity index (χ1v) is 6.66. The van der Waals surface area contributed by atoms with Crippen molar-refractivity contribution in [3.8, 4) is 0 Å². The molecule has 90 valence electrons. The third kappa shape index (κ3) is 2.23. The summed E-state index contributed by atoms with van der Waals surface area (Å²) < 4.78 is 23.6. The van der Waals surface area contributed by atoms with E-state index in [2.05, 4.69) is 4.83 Å². The van der Waals surface area contributed by atoms with Gasteiger partial charge in [-0.2, -0.15) is 0 Å². The summed E-state index contributed by atoms with van der Waals surface area (Å²) in [5.74, 6) is -0.697. The number of carbonyl (C=O) groups is 1. The second kappa shape index (κ2) is 3.77. The fraction of sp³-hybridized carbons (Fsp3) is 0.100. The summed E-state index contributed by atoms with van der Waals surface area (Å²) in [5, 5.41) is 0.734. The minimum Gasteiger partial charge on any atom is -0.364 e. The highest BCUT2D eigenvalue weighted by Crippen LogP contribution is 2.18. The number of carbonyl (C=O) groups excluding carboxylic acids is 1. The SMILES string of the molecule is CS(=O)(=O)Nn1c(C(N)=O)cc2ccccc21. The van der Waals surface area contributed by atoms with Crippen molar-refractivity contribution in [2.75, 3.05) is 11.1 Å². The number of fused-ring (bicyclic) bond motifs is 1. The molecule has 17 heavy (non-hydrogen) atoms. The number of nitrogens with one attached hydrogen (secondary N) is 1. The highest BCUT2D eigenvalue weighted by molar-refractivity contribution is 7.91.